The van der Waals surface area contributed by atoms with Crippen molar-refractivity contribution in [3.8, 4) is 5.13 Å². The van der Waals surface area contributed by atoms with Crippen molar-refractivity contribution in [2.24, 2.45) is 0 Å². The summed E-state index contributed by atoms with van der Waals surface area (Å²) < 4.78 is 3.57. The number of hydrogen-bond donors (Lipinski definition) is 1. The summed E-state index contributed by atoms with van der Waals surface area (Å²) in [5.41, 5.74) is 4.72. The molecule has 0 bridgehead atoms. The van der Waals surface area contributed by atoms with E-state index in [9.17, 15) is 4.79 Å². The van der Waals surface area contributed by atoms with Gasteiger partial charge in [-0.05, 0) is 37.3 Å². The van der Waals surface area contributed by atoms with E-state index in [1.54, 1.807) is 22.3 Å². The van der Waals surface area contributed by atoms with Gasteiger partial charge in [-0.2, -0.15) is 9.78 Å². The Kier molecular flexibility index (Phi) is 4.12. The first-order valence-corrected chi connectivity index (χ1v) is 10.4. The average molecular weight is 426 g/mol. The van der Waals surface area contributed by atoms with Gasteiger partial charge in [0.1, 0.15) is 11.3 Å². The summed E-state index contributed by atoms with van der Waals surface area (Å²) in [6, 6.07) is 12.9. The van der Waals surface area contributed by atoms with E-state index >= 15 is 0 Å². The van der Waals surface area contributed by atoms with E-state index in [1.807, 2.05) is 37.3 Å². The van der Waals surface area contributed by atoms with Crippen LogP contribution in [0.2, 0.25) is 5.02 Å². The van der Waals surface area contributed by atoms with E-state index in [0.717, 1.165) is 26.1 Å². The molecule has 5 aromatic rings. The van der Waals surface area contributed by atoms with Crippen LogP contribution >= 0.6 is 34.3 Å². The number of nitrogens with zero attached hydrogens (tertiary/aromatic N) is 4. The highest BCUT2D eigenvalue weighted by Crippen LogP contribution is 2.31. The Balaban J connectivity index is 1.52. The lowest BCUT2D eigenvalue weighted by molar-refractivity contribution is 0.102. The van der Waals surface area contributed by atoms with Gasteiger partial charge in [-0.3, -0.25) is 4.79 Å². The minimum absolute atomic E-state index is 0.212. The molecule has 1 N–H and O–H groups in total. The molecule has 0 aliphatic heterocycles. The van der Waals surface area contributed by atoms with Crippen molar-refractivity contribution in [3.63, 3.8) is 0 Å². The van der Waals surface area contributed by atoms with Crippen LogP contribution in [-0.4, -0.2) is 25.7 Å². The number of carbonyl (C=O) groups excluding carboxylic acids is 1. The Morgan fingerprint density at radius 3 is 2.93 bits per heavy atom. The second kappa shape index (κ2) is 6.66. The van der Waals surface area contributed by atoms with E-state index in [0.29, 0.717) is 21.5 Å². The molecule has 5 rings (SSSR count). The van der Waals surface area contributed by atoms with Crippen molar-refractivity contribution in [2.45, 2.75) is 6.92 Å². The van der Waals surface area contributed by atoms with Gasteiger partial charge in [0.15, 0.2) is 0 Å². The summed E-state index contributed by atoms with van der Waals surface area (Å²) in [6.45, 7) is 1.87. The molecule has 2 aromatic carbocycles. The van der Waals surface area contributed by atoms with Crippen LogP contribution in [0.1, 0.15) is 16.1 Å². The summed E-state index contributed by atoms with van der Waals surface area (Å²) >= 11 is 9.21. The maximum absolute atomic E-state index is 12.8. The van der Waals surface area contributed by atoms with Gasteiger partial charge in [0, 0.05) is 11.6 Å². The number of nitrogens with one attached hydrogen (secondary N) is 1. The fraction of sp³-hybridized carbons (Fsp3) is 0.0526. The molecular formula is C19H12ClN5OS2. The molecule has 0 unspecified atom stereocenters. The fourth-order valence-corrected chi connectivity index (χ4v) is 4.86. The van der Waals surface area contributed by atoms with Gasteiger partial charge in [0.05, 0.1) is 31.1 Å². The Morgan fingerprint density at radius 1 is 1.18 bits per heavy atom. The molecule has 0 saturated carbocycles. The number of fused-ring (bicyclic) bond motifs is 2. The van der Waals surface area contributed by atoms with Crippen LogP contribution in [0, 0.1) is 6.92 Å². The maximum Gasteiger partial charge on any atom is 0.256 e. The topological polar surface area (TPSA) is 72.7 Å². The third-order valence-electron chi connectivity index (χ3n) is 4.21. The first-order chi connectivity index (χ1) is 13.6. The largest absolute Gasteiger partial charge is 0.306 e. The minimum Gasteiger partial charge on any atom is -0.306 e. The lowest BCUT2D eigenvalue weighted by Crippen LogP contribution is -2.15. The summed E-state index contributed by atoms with van der Waals surface area (Å²) in [6.07, 6.45) is 0. The van der Waals surface area contributed by atoms with Gasteiger partial charge < -0.3 is 5.32 Å². The van der Waals surface area contributed by atoms with Crippen LogP contribution in [0.25, 0.3) is 25.6 Å². The van der Waals surface area contributed by atoms with E-state index in [4.69, 9.17) is 11.6 Å². The Bertz CT molecular complexity index is 1350. The highest BCUT2D eigenvalue weighted by molar-refractivity contribution is 7.20. The SMILES string of the molecule is Cc1cc(NC(=O)c2ccc3ncsc3c2)n(-c2nc3c(Cl)cccc3s2)n1. The molecule has 9 heteroatoms. The van der Waals surface area contributed by atoms with E-state index < -0.39 is 0 Å². The Morgan fingerprint density at radius 2 is 2.07 bits per heavy atom. The Labute approximate surface area is 172 Å². The van der Waals surface area contributed by atoms with Gasteiger partial charge in [0.2, 0.25) is 5.13 Å². The number of halogens is 1. The molecule has 0 fully saturated rings. The highest BCUT2D eigenvalue weighted by Gasteiger charge is 2.16. The molecule has 3 aromatic heterocycles. The number of amides is 1. The second-order valence-corrected chi connectivity index (χ2v) is 8.46. The molecule has 138 valence electrons. The van der Waals surface area contributed by atoms with Crippen molar-refractivity contribution >= 4 is 66.4 Å². The molecule has 6 nitrogen and oxygen atoms in total. The Hall–Kier alpha value is -2.81. The fourth-order valence-electron chi connectivity index (χ4n) is 2.91. The minimum atomic E-state index is -0.212. The molecule has 1 amide bonds. The number of rotatable bonds is 3. The second-order valence-electron chi connectivity index (χ2n) is 6.15. The zero-order valence-electron chi connectivity index (χ0n) is 14.5. The predicted molar refractivity (Wildman–Crippen MR) is 114 cm³/mol. The normalized spacial score (nSPS) is 11.4. The number of para-hydroxylation sites is 1. The molecule has 0 spiro atoms. The van der Waals surface area contributed by atoms with Crippen LogP contribution in [0.5, 0.6) is 0 Å². The summed E-state index contributed by atoms with van der Waals surface area (Å²) in [5.74, 6) is 0.345. The van der Waals surface area contributed by atoms with Crippen molar-refractivity contribution in [2.75, 3.05) is 5.32 Å². The number of hydrogen-bond acceptors (Lipinski definition) is 6. The van der Waals surface area contributed by atoms with Crippen molar-refractivity contribution in [1.29, 1.82) is 0 Å². The highest BCUT2D eigenvalue weighted by atomic mass is 35.5. The van der Waals surface area contributed by atoms with Crippen molar-refractivity contribution < 1.29 is 4.79 Å². The monoisotopic (exact) mass is 425 g/mol. The zero-order chi connectivity index (χ0) is 19.3. The van der Waals surface area contributed by atoms with Crippen LogP contribution in [0.15, 0.2) is 48.0 Å². The smallest absolute Gasteiger partial charge is 0.256 e. The maximum atomic E-state index is 12.8. The summed E-state index contributed by atoms with van der Waals surface area (Å²) in [7, 11) is 0. The molecule has 0 radical (unpaired) electrons. The first kappa shape index (κ1) is 17.3. The lowest BCUT2D eigenvalue weighted by atomic mass is 10.2. The van der Waals surface area contributed by atoms with Crippen LogP contribution in [-0.2, 0) is 0 Å². The van der Waals surface area contributed by atoms with Gasteiger partial charge >= 0.3 is 0 Å². The van der Waals surface area contributed by atoms with Gasteiger partial charge in [-0.1, -0.05) is 29.0 Å². The van der Waals surface area contributed by atoms with Crippen LogP contribution in [0.3, 0.4) is 0 Å². The summed E-state index contributed by atoms with van der Waals surface area (Å²) in [4.78, 5) is 21.6. The molecule has 3 heterocycles. The van der Waals surface area contributed by atoms with Crippen molar-refractivity contribution in [1.82, 2.24) is 19.7 Å². The van der Waals surface area contributed by atoms with Crippen molar-refractivity contribution in [3.05, 3.63) is 64.3 Å². The van der Waals surface area contributed by atoms with E-state index in [1.165, 1.54) is 22.7 Å². The number of thiazole rings is 2. The molecule has 0 aliphatic rings. The summed E-state index contributed by atoms with van der Waals surface area (Å²) in [5, 5.41) is 8.67. The number of benzene rings is 2. The third kappa shape index (κ3) is 2.95. The van der Waals surface area contributed by atoms with Crippen LogP contribution < -0.4 is 5.32 Å². The average Bonchev–Trinajstić information content (AvgIpc) is 3.39. The predicted octanol–water partition coefficient (Wildman–Crippen LogP) is 5.31. The molecule has 28 heavy (non-hydrogen) atoms. The van der Waals surface area contributed by atoms with Gasteiger partial charge in [0.25, 0.3) is 5.91 Å². The number of anilines is 1. The molecular weight excluding hydrogens is 414 g/mol. The van der Waals surface area contributed by atoms with E-state index in [-0.39, 0.29) is 5.91 Å². The van der Waals surface area contributed by atoms with Crippen LogP contribution in [0.4, 0.5) is 5.82 Å². The van der Waals surface area contributed by atoms with E-state index in [2.05, 4.69) is 20.4 Å². The third-order valence-corrected chi connectivity index (χ3v) is 6.30. The van der Waals surface area contributed by atoms with Gasteiger partial charge in [-0.15, -0.1) is 11.3 Å². The quantitative estimate of drug-likeness (QED) is 0.425. The number of carbonyl (C=O) groups is 1. The standard InChI is InChI=1S/C19H12ClN5OS2/c1-10-7-16(22-18(26)11-5-6-13-15(8-11)27-9-21-13)25(24-10)19-23-17-12(20)3-2-4-14(17)28-19/h2-9H,1H3,(H,22,26). The molecule has 0 saturated heterocycles. The number of aromatic nitrogens is 4. The molecule has 0 aliphatic carbocycles. The zero-order valence-corrected chi connectivity index (χ0v) is 16.9. The van der Waals surface area contributed by atoms with Gasteiger partial charge in [-0.25, -0.2) is 9.97 Å². The lowest BCUT2D eigenvalue weighted by Gasteiger charge is -2.06. The first-order valence-electron chi connectivity index (χ1n) is 8.35. The molecule has 0 atom stereocenters. The number of aryl methyl sites for hydroxylation is 1.